The van der Waals surface area contributed by atoms with Crippen molar-refractivity contribution in [2.45, 2.75) is 60.3 Å². The first-order chi connectivity index (χ1) is 13.8. The average Bonchev–Trinajstić information content (AvgIpc) is 2.68. The number of hydrogen-bond donors (Lipinski definition) is 0. The van der Waals surface area contributed by atoms with Gasteiger partial charge in [0.2, 0.25) is 0 Å². The zero-order chi connectivity index (χ0) is 21.4. The fourth-order valence-electron chi connectivity index (χ4n) is 3.21. The molecule has 0 heterocycles. The molecule has 0 aliphatic heterocycles. The summed E-state index contributed by atoms with van der Waals surface area (Å²) >= 11 is 0. The molecule has 0 unspecified atom stereocenters. The van der Waals surface area contributed by atoms with Crippen molar-refractivity contribution in [3.63, 3.8) is 0 Å². The molecular formula is C25H31F2NO. The van der Waals surface area contributed by atoms with Crippen LogP contribution in [0.3, 0.4) is 0 Å². The van der Waals surface area contributed by atoms with Gasteiger partial charge in [-0.3, -0.25) is 0 Å². The topological polar surface area (TPSA) is 21.6 Å². The number of aryl methyl sites for hydroxylation is 1. The van der Waals surface area contributed by atoms with E-state index in [1.165, 1.54) is 0 Å². The van der Waals surface area contributed by atoms with Gasteiger partial charge in [-0.1, -0.05) is 68.7 Å². The maximum Gasteiger partial charge on any atom is 0.264 e. The fourth-order valence-corrected chi connectivity index (χ4v) is 3.21. The van der Waals surface area contributed by atoms with Gasteiger partial charge in [-0.25, -0.2) is 8.78 Å². The average molecular weight is 400 g/mol. The lowest BCUT2D eigenvalue weighted by Gasteiger charge is -2.14. The Bertz CT molecular complexity index is 869. The van der Waals surface area contributed by atoms with E-state index in [2.05, 4.69) is 12.1 Å². The Morgan fingerprint density at radius 2 is 1.86 bits per heavy atom. The molecule has 0 N–H and O–H groups in total. The molecule has 4 heteroatoms. The minimum atomic E-state index is -2.52. The van der Waals surface area contributed by atoms with E-state index in [1.807, 2.05) is 64.1 Å². The molecule has 0 fully saturated rings. The number of alkyl halides is 2. The van der Waals surface area contributed by atoms with Crippen molar-refractivity contribution in [2.75, 3.05) is 0 Å². The number of halogens is 2. The summed E-state index contributed by atoms with van der Waals surface area (Å²) in [7, 11) is 0. The second-order valence-corrected chi connectivity index (χ2v) is 7.75. The predicted octanol–water partition coefficient (Wildman–Crippen LogP) is 7.71. The number of benzene rings is 2. The quantitative estimate of drug-likeness (QED) is 0.240. The summed E-state index contributed by atoms with van der Waals surface area (Å²) < 4.78 is 27.3. The van der Waals surface area contributed by atoms with E-state index < -0.39 is 6.43 Å². The molecule has 0 aliphatic rings. The van der Waals surface area contributed by atoms with Gasteiger partial charge in [0, 0.05) is 16.7 Å². The van der Waals surface area contributed by atoms with Crippen molar-refractivity contribution in [3.8, 4) is 0 Å². The van der Waals surface area contributed by atoms with E-state index in [-0.39, 0.29) is 5.56 Å². The Morgan fingerprint density at radius 1 is 1.14 bits per heavy atom. The highest BCUT2D eigenvalue weighted by Gasteiger charge is 2.17. The van der Waals surface area contributed by atoms with Crippen molar-refractivity contribution in [1.82, 2.24) is 0 Å². The minimum Gasteiger partial charge on any atom is -0.356 e. The third-order valence-electron chi connectivity index (χ3n) is 4.73. The number of hydrogen-bond acceptors (Lipinski definition) is 2. The maximum atomic E-state index is 13.7. The predicted molar refractivity (Wildman–Crippen MR) is 117 cm³/mol. The van der Waals surface area contributed by atoms with Gasteiger partial charge in [0.15, 0.2) is 5.76 Å². The van der Waals surface area contributed by atoms with Crippen LogP contribution < -0.4 is 0 Å². The lowest BCUT2D eigenvalue weighted by atomic mass is 9.95. The molecule has 0 bridgehead atoms. The van der Waals surface area contributed by atoms with Crippen LogP contribution in [0.5, 0.6) is 0 Å². The van der Waals surface area contributed by atoms with Crippen molar-refractivity contribution in [1.29, 1.82) is 0 Å². The van der Waals surface area contributed by atoms with Gasteiger partial charge in [-0.05, 0) is 55.9 Å². The first-order valence-corrected chi connectivity index (χ1v) is 10.2. The van der Waals surface area contributed by atoms with E-state index in [9.17, 15) is 8.78 Å². The maximum absolute atomic E-state index is 13.7. The summed E-state index contributed by atoms with van der Waals surface area (Å²) in [6.45, 7) is 10.0. The molecule has 0 radical (unpaired) electrons. The summed E-state index contributed by atoms with van der Waals surface area (Å²) in [5, 5.41) is 4.29. The van der Waals surface area contributed by atoms with Crippen LogP contribution in [0, 0.1) is 12.8 Å². The molecule has 0 amide bonds. The SMILES string of the molecule is CCC/C=C(/O/N=C(\C)c1ccccc1C)c1ccc(CC(C)C)c(C(F)F)c1. The largest absolute Gasteiger partial charge is 0.356 e. The fraction of sp³-hybridized carbons (Fsp3) is 0.400. The van der Waals surface area contributed by atoms with Crippen LogP contribution in [-0.4, -0.2) is 5.71 Å². The summed E-state index contributed by atoms with van der Waals surface area (Å²) in [5.41, 5.74) is 4.24. The van der Waals surface area contributed by atoms with E-state index in [0.717, 1.165) is 29.7 Å². The molecule has 0 atom stereocenters. The van der Waals surface area contributed by atoms with Crippen LogP contribution >= 0.6 is 0 Å². The van der Waals surface area contributed by atoms with Crippen LogP contribution in [0.25, 0.3) is 5.76 Å². The minimum absolute atomic E-state index is 0.0711. The molecule has 0 aliphatic carbocycles. The van der Waals surface area contributed by atoms with Gasteiger partial charge in [0.25, 0.3) is 6.43 Å². The zero-order valence-electron chi connectivity index (χ0n) is 18.0. The van der Waals surface area contributed by atoms with Crippen LogP contribution in [0.1, 0.15) is 74.8 Å². The van der Waals surface area contributed by atoms with Crippen LogP contribution in [0.15, 0.2) is 53.7 Å². The Kier molecular flexibility index (Phi) is 8.56. The first kappa shape index (κ1) is 22.8. The molecule has 2 aromatic carbocycles. The highest BCUT2D eigenvalue weighted by Crippen LogP contribution is 2.29. The van der Waals surface area contributed by atoms with Crippen LogP contribution in [-0.2, 0) is 11.3 Å². The molecule has 0 spiro atoms. The highest BCUT2D eigenvalue weighted by molar-refractivity contribution is 5.99. The van der Waals surface area contributed by atoms with Crippen molar-refractivity contribution >= 4 is 11.5 Å². The second kappa shape index (κ2) is 10.9. The van der Waals surface area contributed by atoms with Gasteiger partial charge in [-0.2, -0.15) is 0 Å². The van der Waals surface area contributed by atoms with E-state index >= 15 is 0 Å². The smallest absolute Gasteiger partial charge is 0.264 e. The number of rotatable bonds is 9. The third-order valence-corrected chi connectivity index (χ3v) is 4.73. The molecule has 0 saturated carbocycles. The Morgan fingerprint density at radius 3 is 2.48 bits per heavy atom. The first-order valence-electron chi connectivity index (χ1n) is 10.2. The van der Waals surface area contributed by atoms with Gasteiger partial charge in [0.1, 0.15) is 0 Å². The summed E-state index contributed by atoms with van der Waals surface area (Å²) in [6, 6.07) is 13.1. The molecule has 2 nitrogen and oxygen atoms in total. The molecule has 0 saturated heterocycles. The summed E-state index contributed by atoms with van der Waals surface area (Å²) in [6.07, 6.45) is 1.74. The molecule has 29 heavy (non-hydrogen) atoms. The number of oxime groups is 1. The molecule has 2 aromatic rings. The van der Waals surface area contributed by atoms with Gasteiger partial charge in [0.05, 0.1) is 5.71 Å². The van der Waals surface area contributed by atoms with Crippen LogP contribution in [0.2, 0.25) is 0 Å². The van der Waals surface area contributed by atoms with Crippen LogP contribution in [0.4, 0.5) is 8.78 Å². The summed E-state index contributed by atoms with van der Waals surface area (Å²) in [5.74, 6) is 0.823. The Balaban J connectivity index is 2.36. The number of nitrogens with zero attached hydrogens (tertiary/aromatic N) is 1. The Labute approximate surface area is 173 Å². The normalized spacial score (nSPS) is 12.7. The molecule has 156 valence electrons. The van der Waals surface area contributed by atoms with Crippen molar-refractivity contribution in [3.05, 3.63) is 76.4 Å². The molecular weight excluding hydrogens is 368 g/mol. The monoisotopic (exact) mass is 399 g/mol. The summed E-state index contributed by atoms with van der Waals surface area (Å²) in [4.78, 5) is 5.76. The van der Waals surface area contributed by atoms with Crippen molar-refractivity contribution < 1.29 is 13.6 Å². The zero-order valence-corrected chi connectivity index (χ0v) is 18.0. The Hall–Kier alpha value is -2.49. The van der Waals surface area contributed by atoms with E-state index in [1.54, 1.807) is 12.1 Å². The van der Waals surface area contributed by atoms with Gasteiger partial charge in [-0.15, -0.1) is 0 Å². The lowest BCUT2D eigenvalue weighted by molar-refractivity contribution is 0.150. The standard InChI is InChI=1S/C25H31F2NO/c1-6-7-12-24(29-28-19(5)22-11-9-8-10-18(22)4)21-14-13-20(15-17(2)3)23(16-21)25(26)27/h8-14,16-17,25H,6-7,15H2,1-5H3/b24-12+,28-19+. The number of allylic oxidation sites excluding steroid dienone is 1. The van der Waals surface area contributed by atoms with Crippen molar-refractivity contribution in [2.24, 2.45) is 11.1 Å². The van der Waals surface area contributed by atoms with E-state index in [0.29, 0.717) is 29.2 Å². The third kappa shape index (κ3) is 6.52. The number of unbranched alkanes of at least 4 members (excludes halogenated alkanes) is 1. The molecule has 0 aromatic heterocycles. The lowest BCUT2D eigenvalue weighted by Crippen LogP contribution is -2.02. The van der Waals surface area contributed by atoms with Gasteiger partial charge >= 0.3 is 0 Å². The second-order valence-electron chi connectivity index (χ2n) is 7.75. The molecule has 2 rings (SSSR count). The highest BCUT2D eigenvalue weighted by atomic mass is 19.3. The van der Waals surface area contributed by atoms with Gasteiger partial charge < -0.3 is 4.84 Å². The van der Waals surface area contributed by atoms with E-state index in [4.69, 9.17) is 4.84 Å².